The van der Waals surface area contributed by atoms with E-state index in [1.165, 1.54) is 0 Å². The lowest BCUT2D eigenvalue weighted by molar-refractivity contribution is -0.120. The van der Waals surface area contributed by atoms with Crippen LogP contribution in [0.1, 0.15) is 26.7 Å². The summed E-state index contributed by atoms with van der Waals surface area (Å²) in [5.74, 6) is 2.05. The number of rotatable bonds is 7. The average molecular weight is 370 g/mol. The van der Waals surface area contributed by atoms with Gasteiger partial charge in [-0.05, 0) is 38.8 Å². The topological polar surface area (TPSA) is 76.6 Å². The molecule has 3 rings (SSSR count). The number of nitrogens with one attached hydrogen (secondary N) is 1. The third-order valence-corrected chi connectivity index (χ3v) is 4.48. The Kier molecular flexibility index (Phi) is 6.46. The molecular formula is C20H26N4O3. The molecule has 0 spiro atoms. The molecule has 7 heteroatoms. The van der Waals surface area contributed by atoms with Crippen LogP contribution in [0.5, 0.6) is 11.5 Å². The summed E-state index contributed by atoms with van der Waals surface area (Å²) < 4.78 is 11.2. The summed E-state index contributed by atoms with van der Waals surface area (Å²) in [7, 11) is 0. The molecule has 1 saturated heterocycles. The largest absolute Gasteiger partial charge is 0.490 e. The monoisotopic (exact) mass is 370 g/mol. The van der Waals surface area contributed by atoms with Gasteiger partial charge in [0.05, 0.1) is 25.3 Å². The van der Waals surface area contributed by atoms with E-state index in [4.69, 9.17) is 9.47 Å². The van der Waals surface area contributed by atoms with E-state index in [-0.39, 0.29) is 11.8 Å². The van der Waals surface area contributed by atoms with Gasteiger partial charge in [0.2, 0.25) is 5.91 Å². The Bertz CT molecular complexity index is 754. The fourth-order valence-electron chi connectivity index (χ4n) is 3.23. The number of carbonyl (C=O) groups excluding carboxylic acids is 1. The molecule has 1 aromatic heterocycles. The number of piperidine rings is 1. The highest BCUT2D eigenvalue weighted by Crippen LogP contribution is 2.31. The lowest BCUT2D eigenvalue weighted by Crippen LogP contribution is -2.41. The average Bonchev–Trinajstić information content (AvgIpc) is 2.71. The molecule has 27 heavy (non-hydrogen) atoms. The molecule has 1 aliphatic heterocycles. The molecule has 0 bridgehead atoms. The SMILES string of the molecule is CCOc1ccc(NC(=O)C2CCCN(c3cnccn3)C2)cc1OCC. The highest BCUT2D eigenvalue weighted by atomic mass is 16.5. The van der Waals surface area contributed by atoms with E-state index in [2.05, 4.69) is 20.2 Å². The minimum atomic E-state index is -0.0946. The minimum Gasteiger partial charge on any atom is -0.490 e. The van der Waals surface area contributed by atoms with Crippen molar-refractivity contribution in [2.75, 3.05) is 36.5 Å². The van der Waals surface area contributed by atoms with Gasteiger partial charge in [-0.2, -0.15) is 0 Å². The molecule has 1 aromatic carbocycles. The van der Waals surface area contributed by atoms with Crippen molar-refractivity contribution in [3.63, 3.8) is 0 Å². The summed E-state index contributed by atoms with van der Waals surface area (Å²) in [5.41, 5.74) is 0.712. The smallest absolute Gasteiger partial charge is 0.229 e. The van der Waals surface area contributed by atoms with Crippen LogP contribution in [0.15, 0.2) is 36.8 Å². The van der Waals surface area contributed by atoms with Gasteiger partial charge >= 0.3 is 0 Å². The molecule has 2 heterocycles. The first-order valence-corrected chi connectivity index (χ1v) is 9.42. The van der Waals surface area contributed by atoms with Gasteiger partial charge in [0.15, 0.2) is 11.5 Å². The van der Waals surface area contributed by atoms with Gasteiger partial charge in [-0.25, -0.2) is 4.98 Å². The first-order valence-electron chi connectivity index (χ1n) is 9.42. The van der Waals surface area contributed by atoms with Crippen LogP contribution in [0, 0.1) is 5.92 Å². The summed E-state index contributed by atoms with van der Waals surface area (Å²) in [4.78, 5) is 23.4. The van der Waals surface area contributed by atoms with Gasteiger partial charge in [-0.3, -0.25) is 9.78 Å². The van der Waals surface area contributed by atoms with E-state index in [1.54, 1.807) is 18.6 Å². The lowest BCUT2D eigenvalue weighted by Gasteiger charge is -2.32. The van der Waals surface area contributed by atoms with E-state index in [0.29, 0.717) is 36.9 Å². The van der Waals surface area contributed by atoms with Gasteiger partial charge in [0, 0.05) is 37.2 Å². The molecule has 144 valence electrons. The molecule has 7 nitrogen and oxygen atoms in total. The van der Waals surface area contributed by atoms with Crippen LogP contribution in [0.2, 0.25) is 0 Å². The number of hydrogen-bond donors (Lipinski definition) is 1. The summed E-state index contributed by atoms with van der Waals surface area (Å²) >= 11 is 0. The second-order valence-corrected chi connectivity index (χ2v) is 6.37. The van der Waals surface area contributed by atoms with E-state index in [1.807, 2.05) is 32.0 Å². The second kappa shape index (κ2) is 9.21. The van der Waals surface area contributed by atoms with Crippen LogP contribution < -0.4 is 19.7 Å². The number of benzene rings is 1. The Balaban J connectivity index is 1.66. The molecule has 1 fully saturated rings. The van der Waals surface area contributed by atoms with Crippen molar-refractivity contribution >= 4 is 17.4 Å². The van der Waals surface area contributed by atoms with E-state index in [9.17, 15) is 4.79 Å². The van der Waals surface area contributed by atoms with E-state index < -0.39 is 0 Å². The molecular weight excluding hydrogens is 344 g/mol. The minimum absolute atomic E-state index is 0.00944. The van der Waals surface area contributed by atoms with Crippen LogP contribution in [0.4, 0.5) is 11.5 Å². The molecule has 2 aromatic rings. The lowest BCUT2D eigenvalue weighted by atomic mass is 9.97. The number of hydrogen-bond acceptors (Lipinski definition) is 6. The van der Waals surface area contributed by atoms with Gasteiger partial charge in [-0.1, -0.05) is 0 Å². The third-order valence-electron chi connectivity index (χ3n) is 4.48. The summed E-state index contributed by atoms with van der Waals surface area (Å²) in [6.45, 7) is 6.47. The zero-order valence-electron chi connectivity index (χ0n) is 15.9. The van der Waals surface area contributed by atoms with Crippen LogP contribution in [0.25, 0.3) is 0 Å². The molecule has 0 radical (unpaired) electrons. The number of amides is 1. The van der Waals surface area contributed by atoms with Gasteiger partial charge in [0.25, 0.3) is 0 Å². The Morgan fingerprint density at radius 3 is 2.78 bits per heavy atom. The number of anilines is 2. The van der Waals surface area contributed by atoms with Crippen molar-refractivity contribution in [2.45, 2.75) is 26.7 Å². The molecule has 1 amide bonds. The van der Waals surface area contributed by atoms with Crippen molar-refractivity contribution in [3.05, 3.63) is 36.8 Å². The normalized spacial score (nSPS) is 16.7. The van der Waals surface area contributed by atoms with Crippen molar-refractivity contribution < 1.29 is 14.3 Å². The van der Waals surface area contributed by atoms with Crippen LogP contribution in [0.3, 0.4) is 0 Å². The zero-order valence-corrected chi connectivity index (χ0v) is 15.9. The van der Waals surface area contributed by atoms with Crippen LogP contribution in [-0.4, -0.2) is 42.2 Å². The molecule has 1 unspecified atom stereocenters. The van der Waals surface area contributed by atoms with Crippen LogP contribution in [-0.2, 0) is 4.79 Å². The summed E-state index contributed by atoms with van der Waals surface area (Å²) in [6.07, 6.45) is 6.87. The van der Waals surface area contributed by atoms with Crippen LogP contribution >= 0.6 is 0 Å². The molecule has 1 N–H and O–H groups in total. The number of carbonyl (C=O) groups is 1. The number of aromatic nitrogens is 2. The molecule has 0 aliphatic carbocycles. The standard InChI is InChI=1S/C20H26N4O3/c1-3-26-17-8-7-16(12-18(17)27-4-2)23-20(25)15-6-5-11-24(14-15)19-13-21-9-10-22-19/h7-10,12-13,15H,3-6,11,14H2,1-2H3,(H,23,25). The van der Waals surface area contributed by atoms with Gasteiger partial charge in [0.1, 0.15) is 5.82 Å². The zero-order chi connectivity index (χ0) is 19.1. The van der Waals surface area contributed by atoms with Crippen molar-refractivity contribution in [1.82, 2.24) is 9.97 Å². The molecule has 1 aliphatic rings. The van der Waals surface area contributed by atoms with Gasteiger partial charge < -0.3 is 19.7 Å². The molecule has 1 atom stereocenters. The van der Waals surface area contributed by atoms with Crippen molar-refractivity contribution in [3.8, 4) is 11.5 Å². The Morgan fingerprint density at radius 2 is 2.04 bits per heavy atom. The maximum atomic E-state index is 12.8. The highest BCUT2D eigenvalue weighted by Gasteiger charge is 2.26. The number of nitrogens with zero attached hydrogens (tertiary/aromatic N) is 3. The Morgan fingerprint density at radius 1 is 1.22 bits per heavy atom. The number of ether oxygens (including phenoxy) is 2. The van der Waals surface area contributed by atoms with E-state index in [0.717, 1.165) is 25.2 Å². The second-order valence-electron chi connectivity index (χ2n) is 6.37. The summed E-state index contributed by atoms with van der Waals surface area (Å²) in [5, 5.41) is 3.01. The van der Waals surface area contributed by atoms with E-state index >= 15 is 0 Å². The molecule has 0 saturated carbocycles. The Hall–Kier alpha value is -2.83. The fourth-order valence-corrected chi connectivity index (χ4v) is 3.23. The predicted molar refractivity (Wildman–Crippen MR) is 104 cm³/mol. The van der Waals surface area contributed by atoms with Crippen molar-refractivity contribution in [2.24, 2.45) is 5.92 Å². The summed E-state index contributed by atoms with van der Waals surface area (Å²) in [6, 6.07) is 5.49. The first-order chi connectivity index (χ1) is 13.2. The predicted octanol–water partition coefficient (Wildman–Crippen LogP) is 3.13. The quantitative estimate of drug-likeness (QED) is 0.807. The van der Waals surface area contributed by atoms with Crippen molar-refractivity contribution in [1.29, 1.82) is 0 Å². The highest BCUT2D eigenvalue weighted by molar-refractivity contribution is 5.93. The first kappa shape index (κ1) is 18.9. The maximum Gasteiger partial charge on any atom is 0.229 e. The Labute approximate surface area is 159 Å². The third kappa shape index (κ3) is 4.87. The van der Waals surface area contributed by atoms with Gasteiger partial charge in [-0.15, -0.1) is 0 Å². The fraction of sp³-hybridized carbons (Fsp3) is 0.450. The maximum absolute atomic E-state index is 12.8.